The smallest absolute Gasteiger partial charge is 0.405 e. The third-order valence-electron chi connectivity index (χ3n) is 4.19. The maximum absolute atomic E-state index is 11.0. The highest BCUT2D eigenvalue weighted by Gasteiger charge is 2.33. The van der Waals surface area contributed by atoms with Gasteiger partial charge >= 0.3 is 6.09 Å². The van der Waals surface area contributed by atoms with Crippen molar-refractivity contribution in [2.45, 2.75) is 39.7 Å². The van der Waals surface area contributed by atoms with Crippen LogP contribution < -0.4 is 11.5 Å². The van der Waals surface area contributed by atoms with Crippen molar-refractivity contribution in [1.82, 2.24) is 0 Å². The van der Waals surface area contributed by atoms with Gasteiger partial charge in [-0.05, 0) is 49.8 Å². The van der Waals surface area contributed by atoms with E-state index in [0.717, 1.165) is 5.56 Å². The van der Waals surface area contributed by atoms with Crippen LogP contribution in [-0.4, -0.2) is 17.4 Å². The van der Waals surface area contributed by atoms with Gasteiger partial charge in [0.05, 0.1) is 10.7 Å². The zero-order chi connectivity index (χ0) is 17.1. The summed E-state index contributed by atoms with van der Waals surface area (Å²) in [6, 6.07) is 5.17. The van der Waals surface area contributed by atoms with Crippen LogP contribution in [0.1, 0.15) is 39.7 Å². The highest BCUT2D eigenvalue weighted by molar-refractivity contribution is 6.33. The van der Waals surface area contributed by atoms with Gasteiger partial charge in [-0.25, -0.2) is 4.79 Å². The van der Waals surface area contributed by atoms with E-state index in [1.807, 2.05) is 27.7 Å². The number of carbonyl (C=O) groups excluding carboxylic acids is 1. The third-order valence-corrected chi connectivity index (χ3v) is 4.52. The molecule has 0 saturated heterocycles. The predicted octanol–water partition coefficient (Wildman–Crippen LogP) is 3.83. The van der Waals surface area contributed by atoms with Crippen LogP contribution in [0.5, 0.6) is 0 Å². The molecule has 0 fully saturated rings. The number of primary amides is 1. The van der Waals surface area contributed by atoms with Crippen molar-refractivity contribution in [3.63, 3.8) is 0 Å². The Morgan fingerprint density at radius 2 is 2.00 bits per heavy atom. The number of halogens is 1. The molecule has 6 heteroatoms. The van der Waals surface area contributed by atoms with E-state index in [1.54, 1.807) is 18.2 Å². The Labute approximate surface area is 136 Å². The average molecular weight is 326 g/mol. The first-order valence-electron chi connectivity index (χ1n) is 7.16. The van der Waals surface area contributed by atoms with Gasteiger partial charge in [0.15, 0.2) is 0 Å². The van der Waals surface area contributed by atoms with Crippen molar-refractivity contribution in [3.8, 4) is 0 Å². The van der Waals surface area contributed by atoms with Gasteiger partial charge in [-0.3, -0.25) is 0 Å². The van der Waals surface area contributed by atoms with Crippen molar-refractivity contribution < 1.29 is 9.53 Å². The Morgan fingerprint density at radius 3 is 2.50 bits per heavy atom. The maximum Gasteiger partial charge on any atom is 0.405 e. The second-order valence-corrected chi connectivity index (χ2v) is 6.62. The Morgan fingerprint density at radius 1 is 1.41 bits per heavy atom. The number of nitrogens with one attached hydrogen (secondary N) is 1. The molecule has 22 heavy (non-hydrogen) atoms. The van der Waals surface area contributed by atoms with Crippen LogP contribution >= 0.6 is 11.6 Å². The minimum absolute atomic E-state index is 0.0320. The molecule has 0 radical (unpaired) electrons. The maximum atomic E-state index is 11.0. The highest BCUT2D eigenvalue weighted by atomic mass is 35.5. The third kappa shape index (κ3) is 4.63. The molecule has 0 aromatic heterocycles. The largest absolute Gasteiger partial charge is 0.443 e. The minimum Gasteiger partial charge on any atom is -0.443 e. The van der Waals surface area contributed by atoms with E-state index >= 15 is 0 Å². The van der Waals surface area contributed by atoms with Gasteiger partial charge in [0.2, 0.25) is 0 Å². The normalized spacial score (nSPS) is 14.2. The second kappa shape index (κ2) is 7.01. The van der Waals surface area contributed by atoms with E-state index < -0.39 is 11.7 Å². The van der Waals surface area contributed by atoms with Crippen molar-refractivity contribution >= 4 is 29.1 Å². The van der Waals surface area contributed by atoms with Crippen LogP contribution in [0.3, 0.4) is 0 Å². The van der Waals surface area contributed by atoms with Crippen LogP contribution in [-0.2, 0) is 4.74 Å². The number of nitrogen functional groups attached to an aromatic ring is 1. The molecule has 0 heterocycles. The van der Waals surface area contributed by atoms with Crippen molar-refractivity contribution in [2.75, 3.05) is 5.73 Å². The Hall–Kier alpha value is -1.75. The molecule has 5 N–H and O–H groups in total. The number of amides is 1. The topological polar surface area (TPSA) is 102 Å². The molecule has 2 atom stereocenters. The van der Waals surface area contributed by atoms with Gasteiger partial charge in [0.25, 0.3) is 0 Å². The molecular weight excluding hydrogens is 302 g/mol. The van der Waals surface area contributed by atoms with E-state index in [4.69, 9.17) is 33.2 Å². The molecule has 0 spiro atoms. The fourth-order valence-electron chi connectivity index (χ4n) is 2.37. The van der Waals surface area contributed by atoms with Gasteiger partial charge in [-0.15, -0.1) is 0 Å². The number of anilines is 1. The van der Waals surface area contributed by atoms with Crippen LogP contribution in [0.4, 0.5) is 10.5 Å². The molecule has 0 bridgehead atoms. The number of hydrogen-bond acceptors (Lipinski definition) is 4. The molecule has 1 rings (SSSR count). The molecule has 1 aromatic carbocycles. The standard InChI is InChI=1S/C16H24ClN3O2/c1-9(10(2)16(3,4)22-15(20)21)7-14(19)11-5-6-13(18)12(17)8-11/h5-6,8-10,19H,7,18H2,1-4H3,(H2,20,21). The van der Waals surface area contributed by atoms with Gasteiger partial charge < -0.3 is 21.6 Å². The summed E-state index contributed by atoms with van der Waals surface area (Å²) >= 11 is 5.99. The zero-order valence-corrected chi connectivity index (χ0v) is 14.2. The number of nitrogens with two attached hydrogens (primary N) is 2. The summed E-state index contributed by atoms with van der Waals surface area (Å²) in [5.74, 6) is 0.155. The number of benzene rings is 1. The van der Waals surface area contributed by atoms with Crippen molar-refractivity contribution in [1.29, 1.82) is 5.41 Å². The molecule has 122 valence electrons. The lowest BCUT2D eigenvalue weighted by Gasteiger charge is -2.35. The fourth-order valence-corrected chi connectivity index (χ4v) is 2.55. The van der Waals surface area contributed by atoms with Gasteiger partial charge in [0.1, 0.15) is 5.60 Å². The van der Waals surface area contributed by atoms with E-state index in [-0.39, 0.29) is 11.8 Å². The van der Waals surface area contributed by atoms with Crippen LogP contribution in [0.25, 0.3) is 0 Å². The molecule has 1 amide bonds. The Balaban J connectivity index is 2.78. The molecule has 1 aromatic rings. The molecule has 2 unspecified atom stereocenters. The van der Waals surface area contributed by atoms with Crippen LogP contribution in [0, 0.1) is 17.2 Å². The van der Waals surface area contributed by atoms with E-state index in [1.165, 1.54) is 0 Å². The monoisotopic (exact) mass is 325 g/mol. The molecule has 0 saturated carbocycles. The lowest BCUT2D eigenvalue weighted by atomic mass is 9.79. The quantitative estimate of drug-likeness (QED) is 0.547. The molecule has 0 aliphatic carbocycles. The van der Waals surface area contributed by atoms with Crippen molar-refractivity contribution in [2.24, 2.45) is 17.6 Å². The second-order valence-electron chi connectivity index (χ2n) is 6.21. The minimum atomic E-state index is -0.788. The zero-order valence-electron chi connectivity index (χ0n) is 13.4. The molecule has 5 nitrogen and oxygen atoms in total. The SMILES string of the molecule is CC(CC(=N)c1ccc(N)c(Cl)c1)C(C)C(C)(C)OC(N)=O. The highest BCUT2D eigenvalue weighted by Crippen LogP contribution is 2.31. The first kappa shape index (κ1) is 18.3. The summed E-state index contributed by atoms with van der Waals surface area (Å²) in [4.78, 5) is 11.0. The van der Waals surface area contributed by atoms with Crippen LogP contribution in [0.15, 0.2) is 18.2 Å². The van der Waals surface area contributed by atoms with Crippen LogP contribution in [0.2, 0.25) is 5.02 Å². The van der Waals surface area contributed by atoms with Crippen molar-refractivity contribution in [3.05, 3.63) is 28.8 Å². The summed E-state index contributed by atoms with van der Waals surface area (Å²) in [5.41, 5.74) is 11.8. The number of carbonyl (C=O) groups is 1. The summed E-state index contributed by atoms with van der Waals surface area (Å²) in [5, 5.41) is 8.68. The predicted molar refractivity (Wildman–Crippen MR) is 90.4 cm³/mol. The number of ether oxygens (including phenoxy) is 1. The summed E-state index contributed by atoms with van der Waals surface area (Å²) in [6.07, 6.45) is -0.253. The molecule has 0 aliphatic rings. The number of hydrogen-bond donors (Lipinski definition) is 3. The molecular formula is C16H24ClN3O2. The summed E-state index contributed by atoms with van der Waals surface area (Å²) < 4.78 is 5.17. The molecule has 0 aliphatic heterocycles. The first-order chi connectivity index (χ1) is 10.0. The van der Waals surface area contributed by atoms with Gasteiger partial charge in [-0.2, -0.15) is 0 Å². The summed E-state index contributed by atoms with van der Waals surface area (Å²) in [7, 11) is 0. The van der Waals surface area contributed by atoms with Gasteiger partial charge in [0, 0.05) is 5.71 Å². The van der Waals surface area contributed by atoms with E-state index in [9.17, 15) is 4.79 Å². The lowest BCUT2D eigenvalue weighted by molar-refractivity contribution is -0.0122. The van der Waals surface area contributed by atoms with E-state index in [2.05, 4.69) is 0 Å². The van der Waals surface area contributed by atoms with E-state index in [0.29, 0.717) is 22.8 Å². The fraction of sp³-hybridized carbons (Fsp3) is 0.500. The Kier molecular flexibility index (Phi) is 5.83. The van der Waals surface area contributed by atoms with Gasteiger partial charge in [-0.1, -0.05) is 31.5 Å². The average Bonchev–Trinajstić information content (AvgIpc) is 2.39. The Bertz CT molecular complexity index is 573. The number of rotatable bonds is 6. The summed E-state index contributed by atoms with van der Waals surface area (Å²) in [6.45, 7) is 7.65. The first-order valence-corrected chi connectivity index (χ1v) is 7.53. The lowest BCUT2D eigenvalue weighted by Crippen LogP contribution is -2.40.